The van der Waals surface area contributed by atoms with E-state index in [0.717, 1.165) is 25.7 Å². The summed E-state index contributed by atoms with van der Waals surface area (Å²) in [6.07, 6.45) is 4.58. The van der Waals surface area contributed by atoms with E-state index >= 15 is 0 Å². The predicted octanol–water partition coefficient (Wildman–Crippen LogP) is 1.34. The summed E-state index contributed by atoms with van der Waals surface area (Å²) in [5.74, 6) is -0.142. The highest BCUT2D eigenvalue weighted by atomic mass is 35.5. The number of hydrogen-bond donors (Lipinski definition) is 2. The van der Waals surface area contributed by atoms with Crippen LogP contribution in [-0.4, -0.2) is 29.1 Å². The molecule has 5 nitrogen and oxygen atoms in total. The Morgan fingerprint density at radius 3 is 2.00 bits per heavy atom. The Balaban J connectivity index is 1.76. The third kappa shape index (κ3) is 3.95. The van der Waals surface area contributed by atoms with Crippen molar-refractivity contribution in [3.8, 4) is 0 Å². The van der Waals surface area contributed by atoms with E-state index in [1.807, 2.05) is 0 Å². The average Bonchev–Trinajstić information content (AvgIpc) is 2.97. The maximum absolute atomic E-state index is 12.2. The Kier molecular flexibility index (Phi) is 5.02. The van der Waals surface area contributed by atoms with Gasteiger partial charge in [-0.3, -0.25) is 14.4 Å². The molecule has 0 saturated heterocycles. The molecule has 2 aliphatic rings. The van der Waals surface area contributed by atoms with E-state index in [0.29, 0.717) is 12.8 Å². The van der Waals surface area contributed by atoms with Gasteiger partial charge in [-0.1, -0.05) is 0 Å². The lowest BCUT2D eigenvalue weighted by atomic mass is 10.1. The summed E-state index contributed by atoms with van der Waals surface area (Å²) in [6, 6.07) is 0.180. The van der Waals surface area contributed by atoms with Crippen molar-refractivity contribution in [3.63, 3.8) is 0 Å². The van der Waals surface area contributed by atoms with Gasteiger partial charge in [0.25, 0.3) is 0 Å². The number of hydrogen-bond acceptors (Lipinski definition) is 3. The summed E-state index contributed by atoms with van der Waals surface area (Å²) >= 11 is 5.49. The van der Waals surface area contributed by atoms with Gasteiger partial charge in [-0.2, -0.15) is 0 Å². The van der Waals surface area contributed by atoms with Crippen LogP contribution < -0.4 is 10.6 Å². The van der Waals surface area contributed by atoms with E-state index < -0.39 is 0 Å². The van der Waals surface area contributed by atoms with Crippen LogP contribution in [0.1, 0.15) is 45.4 Å². The van der Waals surface area contributed by atoms with E-state index in [9.17, 15) is 14.4 Å². The van der Waals surface area contributed by atoms with E-state index in [4.69, 9.17) is 11.6 Å². The van der Waals surface area contributed by atoms with Crippen LogP contribution in [0.4, 0.5) is 0 Å². The van der Waals surface area contributed by atoms with Crippen molar-refractivity contribution in [1.29, 1.82) is 0 Å². The van der Waals surface area contributed by atoms with Gasteiger partial charge in [0.15, 0.2) is 0 Å². The summed E-state index contributed by atoms with van der Waals surface area (Å²) in [6.45, 7) is 1.50. The van der Waals surface area contributed by atoms with Crippen molar-refractivity contribution in [3.05, 3.63) is 0 Å². The second kappa shape index (κ2) is 6.57. The smallest absolute Gasteiger partial charge is 0.224 e. The summed E-state index contributed by atoms with van der Waals surface area (Å²) in [5.41, 5.74) is 0. The molecule has 2 saturated carbocycles. The molecule has 2 amide bonds. The molecule has 4 unspecified atom stereocenters. The lowest BCUT2D eigenvalue weighted by Gasteiger charge is -2.16. The molecule has 0 aromatic rings. The predicted molar refractivity (Wildman–Crippen MR) is 75.1 cm³/mol. The fourth-order valence-electron chi connectivity index (χ4n) is 3.28. The molecule has 2 fully saturated rings. The van der Waals surface area contributed by atoms with Crippen LogP contribution in [-0.2, 0) is 14.4 Å². The molecule has 0 spiro atoms. The maximum atomic E-state index is 12.2. The van der Waals surface area contributed by atoms with Crippen LogP contribution in [0.3, 0.4) is 0 Å². The van der Waals surface area contributed by atoms with E-state index in [1.54, 1.807) is 0 Å². The van der Waals surface area contributed by atoms with Crippen LogP contribution >= 0.6 is 11.6 Å². The molecule has 0 bridgehead atoms. The monoisotopic (exact) mass is 300 g/mol. The summed E-state index contributed by atoms with van der Waals surface area (Å²) in [4.78, 5) is 34.3. The Bertz CT molecular complexity index is 413. The van der Waals surface area contributed by atoms with Crippen molar-refractivity contribution in [2.24, 2.45) is 11.8 Å². The average molecular weight is 301 g/mol. The minimum atomic E-state index is -0.298. The largest absolute Gasteiger partial charge is 0.354 e. The molecule has 20 heavy (non-hydrogen) atoms. The van der Waals surface area contributed by atoms with Gasteiger partial charge in [-0.15, -0.1) is 0 Å². The lowest BCUT2D eigenvalue weighted by molar-refractivity contribution is -0.126. The molecule has 4 atom stereocenters. The highest BCUT2D eigenvalue weighted by molar-refractivity contribution is 6.64. The maximum Gasteiger partial charge on any atom is 0.224 e. The van der Waals surface area contributed by atoms with Crippen LogP contribution in [0, 0.1) is 11.8 Å². The van der Waals surface area contributed by atoms with Crippen LogP contribution in [0.5, 0.6) is 0 Å². The first-order valence-corrected chi connectivity index (χ1v) is 7.60. The van der Waals surface area contributed by atoms with Crippen molar-refractivity contribution in [2.75, 3.05) is 0 Å². The molecule has 0 radical (unpaired) electrons. The summed E-state index contributed by atoms with van der Waals surface area (Å²) in [5, 5.41) is 5.58. The molecular weight excluding hydrogens is 280 g/mol. The molecule has 0 heterocycles. The third-order valence-electron chi connectivity index (χ3n) is 4.31. The van der Waals surface area contributed by atoms with Gasteiger partial charge >= 0.3 is 0 Å². The van der Waals surface area contributed by atoms with E-state index in [-0.39, 0.29) is 41.0 Å². The fourth-order valence-corrected chi connectivity index (χ4v) is 3.47. The zero-order valence-electron chi connectivity index (χ0n) is 11.7. The minimum absolute atomic E-state index is 0.0300. The van der Waals surface area contributed by atoms with Gasteiger partial charge in [-0.25, -0.2) is 0 Å². The second-order valence-electron chi connectivity index (χ2n) is 5.93. The van der Waals surface area contributed by atoms with Crippen molar-refractivity contribution < 1.29 is 14.4 Å². The first-order chi connectivity index (χ1) is 9.45. The van der Waals surface area contributed by atoms with Crippen molar-refractivity contribution in [2.45, 2.75) is 57.5 Å². The van der Waals surface area contributed by atoms with Gasteiger partial charge in [0, 0.05) is 30.8 Å². The second-order valence-corrected chi connectivity index (χ2v) is 6.30. The first kappa shape index (κ1) is 15.3. The van der Waals surface area contributed by atoms with Gasteiger partial charge in [-0.05, 0) is 50.1 Å². The van der Waals surface area contributed by atoms with Crippen LogP contribution in [0.25, 0.3) is 0 Å². The van der Waals surface area contributed by atoms with Gasteiger partial charge in [0.05, 0.1) is 0 Å². The SMILES string of the molecule is CC(=O)NC1CCC(C(=O)NC2CCC(C(=O)Cl)C2)C1. The molecule has 6 heteroatoms. The van der Waals surface area contributed by atoms with E-state index in [1.165, 1.54) is 6.92 Å². The Morgan fingerprint density at radius 1 is 0.900 bits per heavy atom. The van der Waals surface area contributed by atoms with Crippen molar-refractivity contribution >= 4 is 28.7 Å². The normalized spacial score (nSPS) is 32.9. The third-order valence-corrected chi connectivity index (χ3v) is 4.62. The van der Waals surface area contributed by atoms with Gasteiger partial charge in [0.2, 0.25) is 17.1 Å². The Morgan fingerprint density at radius 2 is 1.45 bits per heavy atom. The topological polar surface area (TPSA) is 75.3 Å². The Labute approximate surface area is 123 Å². The number of carbonyl (C=O) groups excluding carboxylic acids is 3. The number of halogens is 1. The van der Waals surface area contributed by atoms with Crippen molar-refractivity contribution in [1.82, 2.24) is 10.6 Å². The molecule has 2 rings (SSSR count). The van der Waals surface area contributed by atoms with Gasteiger partial charge in [0.1, 0.15) is 0 Å². The lowest BCUT2D eigenvalue weighted by Crippen LogP contribution is -2.38. The molecule has 0 aromatic carbocycles. The zero-order valence-corrected chi connectivity index (χ0v) is 12.4. The highest BCUT2D eigenvalue weighted by Gasteiger charge is 2.34. The summed E-state index contributed by atoms with van der Waals surface area (Å²) < 4.78 is 0. The number of nitrogens with one attached hydrogen (secondary N) is 2. The van der Waals surface area contributed by atoms with Crippen LogP contribution in [0.15, 0.2) is 0 Å². The molecular formula is C14H21ClN2O3. The van der Waals surface area contributed by atoms with Gasteiger partial charge < -0.3 is 10.6 Å². The van der Waals surface area contributed by atoms with E-state index in [2.05, 4.69) is 10.6 Å². The Hall–Kier alpha value is -1.10. The number of amides is 2. The molecule has 112 valence electrons. The molecule has 0 aromatic heterocycles. The van der Waals surface area contributed by atoms with Crippen LogP contribution in [0.2, 0.25) is 0 Å². The zero-order chi connectivity index (χ0) is 14.7. The fraction of sp³-hybridized carbons (Fsp3) is 0.786. The number of carbonyl (C=O) groups is 3. The quantitative estimate of drug-likeness (QED) is 0.769. The molecule has 2 aliphatic carbocycles. The number of rotatable bonds is 4. The first-order valence-electron chi connectivity index (χ1n) is 7.22. The molecule has 2 N–H and O–H groups in total. The highest BCUT2D eigenvalue weighted by Crippen LogP contribution is 2.29. The summed E-state index contributed by atoms with van der Waals surface area (Å²) in [7, 11) is 0. The molecule has 0 aliphatic heterocycles. The minimum Gasteiger partial charge on any atom is -0.354 e. The standard InChI is InChI=1S/C14H21ClN2O3/c1-8(18)16-11-5-3-10(7-11)14(20)17-12-4-2-9(6-12)13(15)19/h9-12H,2-7H2,1H3,(H,16,18)(H,17,20).